The van der Waals surface area contributed by atoms with E-state index in [0.717, 1.165) is 44.1 Å². The van der Waals surface area contributed by atoms with E-state index in [-0.39, 0.29) is 23.2 Å². The third kappa shape index (κ3) is 3.26. The summed E-state index contributed by atoms with van der Waals surface area (Å²) in [6.45, 7) is 2.20. The number of benzene rings is 1. The second-order valence-electron chi connectivity index (χ2n) is 6.79. The van der Waals surface area contributed by atoms with Gasteiger partial charge in [0.1, 0.15) is 0 Å². The van der Waals surface area contributed by atoms with E-state index in [1.807, 2.05) is 19.1 Å². The van der Waals surface area contributed by atoms with Crippen molar-refractivity contribution in [1.29, 1.82) is 0 Å². The highest BCUT2D eigenvalue weighted by Gasteiger charge is 2.46. The van der Waals surface area contributed by atoms with Crippen LogP contribution < -0.4 is 0 Å². The van der Waals surface area contributed by atoms with Gasteiger partial charge in [0.05, 0.1) is 15.4 Å². The summed E-state index contributed by atoms with van der Waals surface area (Å²) in [5.74, 6) is 0. The van der Waals surface area contributed by atoms with Crippen molar-refractivity contribution < 1.29 is 16.8 Å². The molecule has 0 bridgehead atoms. The van der Waals surface area contributed by atoms with Gasteiger partial charge in [0.2, 0.25) is 10.0 Å². The summed E-state index contributed by atoms with van der Waals surface area (Å²) < 4.78 is 51.8. The van der Waals surface area contributed by atoms with Gasteiger partial charge in [0, 0.05) is 13.1 Å². The maximum Gasteiger partial charge on any atom is 0.243 e. The number of nitrogens with zero attached hydrogens (tertiary/aromatic N) is 1. The zero-order valence-electron chi connectivity index (χ0n) is 14.0. The first-order valence-corrected chi connectivity index (χ1v) is 11.7. The van der Waals surface area contributed by atoms with E-state index in [1.54, 1.807) is 12.1 Å². The van der Waals surface area contributed by atoms with Gasteiger partial charge in [-0.15, -0.1) is 0 Å². The van der Waals surface area contributed by atoms with Gasteiger partial charge in [0.15, 0.2) is 9.84 Å². The molecule has 1 aliphatic heterocycles. The van der Waals surface area contributed by atoms with Crippen LogP contribution in [0.2, 0.25) is 0 Å². The van der Waals surface area contributed by atoms with E-state index in [2.05, 4.69) is 0 Å². The smallest absolute Gasteiger partial charge is 0.228 e. The van der Waals surface area contributed by atoms with Gasteiger partial charge in [0.25, 0.3) is 0 Å². The number of hydrogen-bond acceptors (Lipinski definition) is 4. The van der Waals surface area contributed by atoms with Gasteiger partial charge in [-0.05, 0) is 37.0 Å². The van der Waals surface area contributed by atoms with Gasteiger partial charge in [-0.25, -0.2) is 16.8 Å². The number of rotatable bonds is 5. The lowest BCUT2D eigenvalue weighted by molar-refractivity contribution is 0.306. The predicted octanol–water partition coefficient (Wildman–Crippen LogP) is 2.37. The first-order valence-electron chi connectivity index (χ1n) is 8.67. The van der Waals surface area contributed by atoms with Crippen LogP contribution in [-0.4, -0.2) is 44.7 Å². The lowest BCUT2D eigenvalue weighted by atomic mass is 10.0. The molecular formula is C17H25NO4S2. The average Bonchev–Trinajstić information content (AvgIpc) is 2.54. The van der Waals surface area contributed by atoms with E-state index in [4.69, 9.17) is 0 Å². The normalized spacial score (nSPS) is 21.5. The molecule has 134 valence electrons. The van der Waals surface area contributed by atoms with E-state index in [1.165, 1.54) is 4.31 Å². The summed E-state index contributed by atoms with van der Waals surface area (Å²) in [4.78, 5) is 0.244. The van der Waals surface area contributed by atoms with Crippen LogP contribution in [0, 0.1) is 0 Å². The van der Waals surface area contributed by atoms with Crippen molar-refractivity contribution in [3.05, 3.63) is 29.8 Å². The minimum absolute atomic E-state index is 0.0939. The standard InChI is InChI=1S/C17H25NO4S2/c1-2-14-8-10-16(11-9-14)24(21,22)18-12-17(13-18)23(19,20)15-6-4-3-5-7-15/h8-11,15,17H,2-7,12-13H2,1H3. The lowest BCUT2D eigenvalue weighted by Gasteiger charge is -2.39. The second kappa shape index (κ2) is 6.77. The summed E-state index contributed by atoms with van der Waals surface area (Å²) in [5, 5.41) is -0.810. The fourth-order valence-electron chi connectivity index (χ4n) is 3.52. The minimum atomic E-state index is -3.58. The molecule has 0 N–H and O–H groups in total. The Bertz CT molecular complexity index is 772. The SMILES string of the molecule is CCc1ccc(S(=O)(=O)N2CC(S(=O)(=O)C3CCCCC3)C2)cc1. The molecule has 1 heterocycles. The molecule has 0 radical (unpaired) electrons. The Hall–Kier alpha value is -0.920. The molecule has 2 fully saturated rings. The van der Waals surface area contributed by atoms with Gasteiger partial charge in [-0.1, -0.05) is 38.3 Å². The predicted molar refractivity (Wildman–Crippen MR) is 94.2 cm³/mol. The summed E-state index contributed by atoms with van der Waals surface area (Å²) in [5.41, 5.74) is 1.08. The van der Waals surface area contributed by atoms with Gasteiger partial charge in [-0.2, -0.15) is 4.31 Å². The highest BCUT2D eigenvalue weighted by atomic mass is 32.2. The first-order chi connectivity index (χ1) is 11.4. The maximum absolute atomic E-state index is 12.6. The molecule has 1 aromatic rings. The highest BCUT2D eigenvalue weighted by molar-refractivity contribution is 7.93. The van der Waals surface area contributed by atoms with Crippen LogP contribution >= 0.6 is 0 Å². The minimum Gasteiger partial charge on any atom is -0.228 e. The van der Waals surface area contributed by atoms with Gasteiger partial charge >= 0.3 is 0 Å². The van der Waals surface area contributed by atoms with Crippen LogP contribution in [0.25, 0.3) is 0 Å². The lowest BCUT2D eigenvalue weighted by Crippen LogP contribution is -2.58. The maximum atomic E-state index is 12.6. The van der Waals surface area contributed by atoms with Crippen LogP contribution in [0.3, 0.4) is 0 Å². The van der Waals surface area contributed by atoms with Crippen molar-refractivity contribution in [3.63, 3.8) is 0 Å². The van der Waals surface area contributed by atoms with Crippen LogP contribution in [0.1, 0.15) is 44.6 Å². The van der Waals surface area contributed by atoms with E-state index in [0.29, 0.717) is 0 Å². The highest BCUT2D eigenvalue weighted by Crippen LogP contribution is 2.32. The second-order valence-corrected chi connectivity index (χ2v) is 11.2. The van der Waals surface area contributed by atoms with Crippen molar-refractivity contribution in [1.82, 2.24) is 4.31 Å². The summed E-state index contributed by atoms with van der Waals surface area (Å²) in [6.07, 6.45) is 5.33. The Morgan fingerprint density at radius 3 is 2.04 bits per heavy atom. The Balaban J connectivity index is 1.68. The molecule has 0 amide bonds. The topological polar surface area (TPSA) is 71.5 Å². The Morgan fingerprint density at radius 2 is 1.50 bits per heavy atom. The number of hydrogen-bond donors (Lipinski definition) is 0. The monoisotopic (exact) mass is 371 g/mol. The number of sulfone groups is 1. The molecule has 3 rings (SSSR count). The third-order valence-electron chi connectivity index (χ3n) is 5.27. The van der Waals surface area contributed by atoms with Gasteiger partial charge < -0.3 is 0 Å². The Labute approximate surface area is 145 Å². The molecule has 0 spiro atoms. The largest absolute Gasteiger partial charge is 0.243 e. The van der Waals surface area contributed by atoms with Crippen LogP contribution in [0.5, 0.6) is 0 Å². The molecule has 5 nitrogen and oxygen atoms in total. The van der Waals surface area contributed by atoms with Gasteiger partial charge in [-0.3, -0.25) is 0 Å². The quantitative estimate of drug-likeness (QED) is 0.797. The molecular weight excluding hydrogens is 346 g/mol. The summed E-state index contributed by atoms with van der Waals surface area (Å²) in [7, 11) is -6.80. The Kier molecular flexibility index (Phi) is 5.04. The molecule has 24 heavy (non-hydrogen) atoms. The Morgan fingerprint density at radius 1 is 0.917 bits per heavy atom. The third-order valence-corrected chi connectivity index (χ3v) is 9.74. The van der Waals surface area contributed by atoms with Crippen molar-refractivity contribution in [2.75, 3.05) is 13.1 Å². The van der Waals surface area contributed by atoms with Crippen molar-refractivity contribution in [2.45, 2.75) is 60.8 Å². The first kappa shape index (κ1) is 17.9. The molecule has 2 aliphatic rings. The molecule has 7 heteroatoms. The zero-order valence-corrected chi connectivity index (χ0v) is 15.7. The van der Waals surface area contributed by atoms with E-state index >= 15 is 0 Å². The van der Waals surface area contributed by atoms with Crippen LogP contribution in [-0.2, 0) is 26.3 Å². The van der Waals surface area contributed by atoms with E-state index < -0.39 is 25.1 Å². The summed E-state index contributed by atoms with van der Waals surface area (Å²) in [6, 6.07) is 6.83. The van der Waals surface area contributed by atoms with E-state index in [9.17, 15) is 16.8 Å². The van der Waals surface area contributed by atoms with Crippen LogP contribution in [0.4, 0.5) is 0 Å². The summed E-state index contributed by atoms with van der Waals surface area (Å²) >= 11 is 0. The van der Waals surface area contributed by atoms with Crippen LogP contribution in [0.15, 0.2) is 29.2 Å². The average molecular weight is 372 g/mol. The fourth-order valence-corrected chi connectivity index (χ4v) is 7.55. The molecule has 1 saturated heterocycles. The zero-order chi connectivity index (χ0) is 17.4. The number of sulfonamides is 1. The molecule has 0 unspecified atom stereocenters. The molecule has 1 aliphatic carbocycles. The molecule has 0 aromatic heterocycles. The van der Waals surface area contributed by atoms with Crippen molar-refractivity contribution in [2.24, 2.45) is 0 Å². The van der Waals surface area contributed by atoms with Crippen molar-refractivity contribution >= 4 is 19.9 Å². The fraction of sp³-hybridized carbons (Fsp3) is 0.647. The molecule has 0 atom stereocenters. The molecule has 1 saturated carbocycles. The number of aryl methyl sites for hydroxylation is 1. The molecule has 1 aromatic carbocycles. The van der Waals surface area contributed by atoms with Crippen molar-refractivity contribution in [3.8, 4) is 0 Å².